The van der Waals surface area contributed by atoms with Crippen LogP contribution in [0.3, 0.4) is 0 Å². The summed E-state index contributed by atoms with van der Waals surface area (Å²) >= 11 is 1.83. The van der Waals surface area contributed by atoms with Gasteiger partial charge in [-0.25, -0.2) is 0 Å². The normalized spacial score (nSPS) is 16.8. The van der Waals surface area contributed by atoms with Gasteiger partial charge in [0.05, 0.1) is 0 Å². The molecular formula is C30H29N2S+. The van der Waals surface area contributed by atoms with Gasteiger partial charge in [-0.2, -0.15) is 4.57 Å². The van der Waals surface area contributed by atoms with Crippen LogP contribution in [-0.4, -0.2) is 7.05 Å². The number of allylic oxidation sites excluding steroid dienone is 5. The lowest BCUT2D eigenvalue weighted by molar-refractivity contribution is -0.642. The molecule has 2 nitrogen and oxygen atoms in total. The minimum Gasteiger partial charge on any atom is -0.347 e. The molecular weight excluding hydrogens is 420 g/mol. The van der Waals surface area contributed by atoms with Gasteiger partial charge in [-0.1, -0.05) is 98.0 Å². The van der Waals surface area contributed by atoms with E-state index in [1.54, 1.807) is 0 Å². The summed E-state index contributed by atoms with van der Waals surface area (Å²) in [6.45, 7) is 4.61. The van der Waals surface area contributed by atoms with Gasteiger partial charge in [-0.3, -0.25) is 0 Å². The van der Waals surface area contributed by atoms with Crippen molar-refractivity contribution in [2.24, 2.45) is 7.05 Å². The molecule has 0 amide bonds. The molecule has 0 fully saturated rings. The topological polar surface area (TPSA) is 7.12 Å². The van der Waals surface area contributed by atoms with Gasteiger partial charge in [0.25, 0.3) is 5.01 Å². The highest BCUT2D eigenvalue weighted by Gasteiger charge is 2.37. The molecule has 0 spiro atoms. The van der Waals surface area contributed by atoms with E-state index in [0.29, 0.717) is 0 Å². The van der Waals surface area contributed by atoms with E-state index in [9.17, 15) is 0 Å². The Balaban J connectivity index is 1.55. The van der Waals surface area contributed by atoms with E-state index < -0.39 is 0 Å². The number of aromatic nitrogens is 1. The average molecular weight is 450 g/mol. The Hall–Kier alpha value is -3.43. The summed E-state index contributed by atoms with van der Waals surface area (Å²) in [6.07, 6.45) is 9.00. The largest absolute Gasteiger partial charge is 0.347 e. The van der Waals surface area contributed by atoms with Crippen molar-refractivity contribution in [2.75, 3.05) is 11.9 Å². The average Bonchev–Trinajstić information content (AvgIpc) is 3.25. The Kier molecular flexibility index (Phi) is 5.51. The SMILES string of the molecule is CN1C(=CC=CC(=Cc2sc3ccccc3[n+]2C)c2ccccc2)C(C)(C)c2ccccc21. The lowest BCUT2D eigenvalue weighted by Gasteiger charge is -2.23. The maximum atomic E-state index is 2.32. The predicted molar refractivity (Wildman–Crippen MR) is 142 cm³/mol. The summed E-state index contributed by atoms with van der Waals surface area (Å²) in [5.41, 5.74) is 7.63. The van der Waals surface area contributed by atoms with Crippen molar-refractivity contribution in [2.45, 2.75) is 19.3 Å². The molecule has 1 aliphatic heterocycles. The van der Waals surface area contributed by atoms with Gasteiger partial charge in [0.1, 0.15) is 11.7 Å². The van der Waals surface area contributed by atoms with Crippen LogP contribution in [0, 0.1) is 0 Å². The molecule has 0 bridgehead atoms. The van der Waals surface area contributed by atoms with E-state index in [-0.39, 0.29) is 5.41 Å². The van der Waals surface area contributed by atoms with E-state index in [4.69, 9.17) is 0 Å². The Labute approximate surface area is 200 Å². The van der Waals surface area contributed by atoms with E-state index in [2.05, 4.69) is 141 Å². The number of nitrogens with zero attached hydrogens (tertiary/aromatic N) is 2. The van der Waals surface area contributed by atoms with Crippen molar-refractivity contribution in [3.8, 4) is 0 Å². The van der Waals surface area contributed by atoms with Gasteiger partial charge in [-0.15, -0.1) is 0 Å². The zero-order chi connectivity index (χ0) is 23.0. The van der Waals surface area contributed by atoms with E-state index in [1.165, 1.54) is 43.3 Å². The third-order valence-electron chi connectivity index (χ3n) is 6.63. The first-order valence-electron chi connectivity index (χ1n) is 11.3. The second-order valence-corrected chi connectivity index (χ2v) is 10.1. The molecule has 1 aliphatic rings. The third kappa shape index (κ3) is 3.83. The van der Waals surface area contributed by atoms with E-state index in [1.807, 2.05) is 11.3 Å². The summed E-state index contributed by atoms with van der Waals surface area (Å²) in [5, 5.41) is 1.23. The fourth-order valence-corrected chi connectivity index (χ4v) is 5.89. The van der Waals surface area contributed by atoms with Crippen LogP contribution in [0.2, 0.25) is 0 Å². The molecule has 164 valence electrons. The molecule has 5 rings (SSSR count). The summed E-state index contributed by atoms with van der Waals surface area (Å²) in [4.78, 5) is 2.32. The molecule has 1 aromatic heterocycles. The number of hydrogen-bond acceptors (Lipinski definition) is 2. The van der Waals surface area contributed by atoms with E-state index >= 15 is 0 Å². The van der Waals surface area contributed by atoms with Crippen LogP contribution in [-0.2, 0) is 12.5 Å². The van der Waals surface area contributed by atoms with Gasteiger partial charge in [-0.05, 0) is 34.9 Å². The maximum absolute atomic E-state index is 2.32. The molecule has 3 heteroatoms. The number of aryl methyl sites for hydroxylation is 1. The van der Waals surface area contributed by atoms with Crippen LogP contribution in [0.15, 0.2) is 103 Å². The molecule has 0 unspecified atom stereocenters. The third-order valence-corrected chi connectivity index (χ3v) is 7.79. The van der Waals surface area contributed by atoms with Crippen molar-refractivity contribution in [3.63, 3.8) is 0 Å². The van der Waals surface area contributed by atoms with Crippen LogP contribution in [0.25, 0.3) is 21.9 Å². The molecule has 0 radical (unpaired) electrons. The van der Waals surface area contributed by atoms with Crippen molar-refractivity contribution >= 4 is 38.9 Å². The quantitative estimate of drug-likeness (QED) is 0.237. The monoisotopic (exact) mass is 449 g/mol. The highest BCUT2D eigenvalue weighted by atomic mass is 32.1. The maximum Gasteiger partial charge on any atom is 0.263 e. The Morgan fingerprint density at radius 3 is 2.36 bits per heavy atom. The number of fused-ring (bicyclic) bond motifs is 2. The van der Waals surface area contributed by atoms with Crippen LogP contribution in [0.5, 0.6) is 0 Å². The molecule has 0 N–H and O–H groups in total. The minimum atomic E-state index is -0.0236. The summed E-state index contributed by atoms with van der Waals surface area (Å²) < 4.78 is 3.58. The number of para-hydroxylation sites is 2. The molecule has 4 aromatic rings. The van der Waals surface area contributed by atoms with Crippen LogP contribution in [0.1, 0.15) is 30.0 Å². The molecule has 3 aromatic carbocycles. The van der Waals surface area contributed by atoms with Gasteiger partial charge in [0.2, 0.25) is 5.52 Å². The summed E-state index contributed by atoms with van der Waals surface area (Å²) in [7, 11) is 4.31. The zero-order valence-electron chi connectivity index (χ0n) is 19.6. The van der Waals surface area contributed by atoms with Gasteiger partial charge >= 0.3 is 0 Å². The Bertz CT molecular complexity index is 1400. The molecule has 0 saturated heterocycles. The van der Waals surface area contributed by atoms with Crippen molar-refractivity contribution in [1.82, 2.24) is 0 Å². The lowest BCUT2D eigenvalue weighted by Crippen LogP contribution is -2.28. The fraction of sp³-hybridized carbons (Fsp3) is 0.167. The van der Waals surface area contributed by atoms with Crippen molar-refractivity contribution < 1.29 is 4.57 Å². The van der Waals surface area contributed by atoms with Crippen LogP contribution < -0.4 is 9.47 Å². The first kappa shape index (κ1) is 21.4. The lowest BCUT2D eigenvalue weighted by atomic mass is 9.84. The molecule has 2 heterocycles. The second-order valence-electron chi connectivity index (χ2n) is 9.04. The summed E-state index contributed by atoms with van der Waals surface area (Å²) in [5.74, 6) is 0. The number of rotatable bonds is 4. The highest BCUT2D eigenvalue weighted by Crippen LogP contribution is 2.46. The first-order valence-corrected chi connectivity index (χ1v) is 12.2. The number of thiazole rings is 1. The number of hydrogen-bond donors (Lipinski definition) is 0. The number of anilines is 1. The fourth-order valence-electron chi connectivity index (χ4n) is 4.78. The molecule has 0 atom stereocenters. The van der Waals surface area contributed by atoms with Crippen molar-refractivity contribution in [1.29, 1.82) is 0 Å². The van der Waals surface area contributed by atoms with Crippen LogP contribution >= 0.6 is 11.3 Å². The van der Waals surface area contributed by atoms with Gasteiger partial charge in [0.15, 0.2) is 0 Å². The molecule has 33 heavy (non-hydrogen) atoms. The molecule has 0 saturated carbocycles. The second kappa shape index (κ2) is 8.49. The zero-order valence-corrected chi connectivity index (χ0v) is 20.4. The Morgan fingerprint density at radius 2 is 1.61 bits per heavy atom. The molecule has 0 aliphatic carbocycles. The first-order chi connectivity index (χ1) is 16.0. The standard InChI is InChI=1S/C30H29N2S/c1-30(2)24-16-8-9-17-25(24)31(3)28(30)20-12-15-23(22-13-6-5-7-14-22)21-29-32(4)26-18-10-11-19-27(26)33-29/h5-21H,1-4H3/q+1. The number of likely N-dealkylation sites (N-methyl/N-ethyl adjacent to an activating group) is 1. The highest BCUT2D eigenvalue weighted by molar-refractivity contribution is 7.18. The Morgan fingerprint density at radius 1 is 0.909 bits per heavy atom. The van der Waals surface area contributed by atoms with E-state index in [0.717, 1.165) is 0 Å². The van der Waals surface area contributed by atoms with Gasteiger partial charge in [0, 0.05) is 36.0 Å². The smallest absolute Gasteiger partial charge is 0.263 e. The van der Waals surface area contributed by atoms with Gasteiger partial charge < -0.3 is 4.90 Å². The number of benzene rings is 3. The summed E-state index contributed by atoms with van der Waals surface area (Å²) in [6, 6.07) is 27.9. The minimum absolute atomic E-state index is 0.0236. The predicted octanol–water partition coefficient (Wildman–Crippen LogP) is 7.13. The van der Waals surface area contributed by atoms with Crippen molar-refractivity contribution in [3.05, 3.63) is 119 Å². The van der Waals surface area contributed by atoms with Crippen LogP contribution in [0.4, 0.5) is 5.69 Å².